The molecular formula is C10H13N3O2. The number of nitrogens with zero attached hydrogens (tertiary/aromatic N) is 1. The Bertz CT molecular complexity index is 343. The maximum absolute atomic E-state index is 11.1. The fourth-order valence-electron chi connectivity index (χ4n) is 1.84. The third-order valence-corrected chi connectivity index (χ3v) is 2.60. The van der Waals surface area contributed by atoms with Crippen molar-refractivity contribution < 1.29 is 9.59 Å². The lowest BCUT2D eigenvalue weighted by Gasteiger charge is -2.20. The lowest BCUT2D eigenvalue weighted by atomic mass is 9.92. The van der Waals surface area contributed by atoms with Crippen molar-refractivity contribution in [1.82, 2.24) is 15.3 Å². The standard InChI is InChI=1S/C10H13N3O2/c14-9-3-7(4-10(15)13-9)1-2-8-5-11-6-12-8/h5-7H,1-4H2,(H,11,12)(H,13,14,15). The van der Waals surface area contributed by atoms with Crippen LogP contribution in [-0.2, 0) is 16.0 Å². The largest absolute Gasteiger partial charge is 0.348 e. The third-order valence-electron chi connectivity index (χ3n) is 2.60. The van der Waals surface area contributed by atoms with Gasteiger partial charge in [0.15, 0.2) is 0 Å². The van der Waals surface area contributed by atoms with Gasteiger partial charge in [0.25, 0.3) is 0 Å². The van der Waals surface area contributed by atoms with Gasteiger partial charge in [-0.2, -0.15) is 0 Å². The van der Waals surface area contributed by atoms with Crippen LogP contribution in [-0.4, -0.2) is 21.8 Å². The molecule has 1 fully saturated rings. The number of piperidine rings is 1. The van der Waals surface area contributed by atoms with E-state index in [-0.39, 0.29) is 17.7 Å². The molecule has 1 aromatic heterocycles. The highest BCUT2D eigenvalue weighted by atomic mass is 16.2. The lowest BCUT2D eigenvalue weighted by molar-refractivity contribution is -0.134. The van der Waals surface area contributed by atoms with Gasteiger partial charge >= 0.3 is 0 Å². The Kier molecular flexibility index (Phi) is 2.80. The molecule has 0 aliphatic carbocycles. The van der Waals surface area contributed by atoms with Gasteiger partial charge < -0.3 is 4.98 Å². The van der Waals surface area contributed by atoms with Crippen LogP contribution >= 0.6 is 0 Å². The van der Waals surface area contributed by atoms with Gasteiger partial charge in [-0.05, 0) is 18.8 Å². The fourth-order valence-corrected chi connectivity index (χ4v) is 1.84. The molecule has 0 saturated carbocycles. The Balaban J connectivity index is 1.84. The first-order valence-corrected chi connectivity index (χ1v) is 5.04. The van der Waals surface area contributed by atoms with Gasteiger partial charge in [-0.1, -0.05) is 0 Å². The first-order chi connectivity index (χ1) is 7.24. The van der Waals surface area contributed by atoms with Gasteiger partial charge in [-0.25, -0.2) is 4.98 Å². The molecule has 0 bridgehead atoms. The second kappa shape index (κ2) is 4.25. The molecule has 1 aromatic rings. The van der Waals surface area contributed by atoms with E-state index in [0.29, 0.717) is 12.8 Å². The van der Waals surface area contributed by atoms with Crippen LogP contribution in [0.15, 0.2) is 12.5 Å². The maximum Gasteiger partial charge on any atom is 0.226 e. The van der Waals surface area contributed by atoms with E-state index in [9.17, 15) is 9.59 Å². The number of aromatic nitrogens is 2. The fraction of sp³-hybridized carbons (Fsp3) is 0.500. The highest BCUT2D eigenvalue weighted by Crippen LogP contribution is 2.19. The van der Waals surface area contributed by atoms with E-state index in [1.807, 2.05) is 0 Å². The van der Waals surface area contributed by atoms with Crippen LogP contribution in [0.1, 0.15) is 25.0 Å². The summed E-state index contributed by atoms with van der Waals surface area (Å²) in [5.41, 5.74) is 1.05. The van der Waals surface area contributed by atoms with Crippen LogP contribution in [0.4, 0.5) is 0 Å². The first-order valence-electron chi connectivity index (χ1n) is 5.04. The zero-order chi connectivity index (χ0) is 10.7. The molecule has 2 rings (SSSR count). The summed E-state index contributed by atoms with van der Waals surface area (Å²) in [7, 11) is 0. The van der Waals surface area contributed by atoms with Gasteiger partial charge in [0, 0.05) is 24.7 Å². The van der Waals surface area contributed by atoms with Gasteiger partial charge in [0.1, 0.15) is 0 Å². The van der Waals surface area contributed by atoms with Crippen molar-refractivity contribution in [2.45, 2.75) is 25.7 Å². The minimum atomic E-state index is -0.152. The number of hydrogen-bond donors (Lipinski definition) is 2. The number of imidazole rings is 1. The van der Waals surface area contributed by atoms with Crippen molar-refractivity contribution in [1.29, 1.82) is 0 Å². The quantitative estimate of drug-likeness (QED) is 0.704. The molecule has 0 aromatic carbocycles. The topological polar surface area (TPSA) is 74.8 Å². The normalized spacial score (nSPS) is 17.9. The summed E-state index contributed by atoms with van der Waals surface area (Å²) in [5.74, 6) is -0.128. The van der Waals surface area contributed by atoms with Crippen molar-refractivity contribution >= 4 is 11.8 Å². The molecule has 0 unspecified atom stereocenters. The first kappa shape index (κ1) is 9.89. The average molecular weight is 207 g/mol. The molecule has 0 atom stereocenters. The predicted octanol–water partition coefficient (Wildman–Crippen LogP) is 0.395. The summed E-state index contributed by atoms with van der Waals surface area (Å²) in [6.45, 7) is 0. The Morgan fingerprint density at radius 3 is 2.67 bits per heavy atom. The minimum absolute atomic E-state index is 0.152. The molecule has 2 heterocycles. The highest BCUT2D eigenvalue weighted by Gasteiger charge is 2.24. The van der Waals surface area contributed by atoms with E-state index in [0.717, 1.165) is 18.5 Å². The molecule has 5 nitrogen and oxygen atoms in total. The zero-order valence-corrected chi connectivity index (χ0v) is 8.32. The number of H-pyrrole nitrogens is 1. The molecule has 1 aliphatic rings. The van der Waals surface area contributed by atoms with Crippen molar-refractivity contribution in [3.8, 4) is 0 Å². The molecule has 0 spiro atoms. The molecule has 80 valence electrons. The number of rotatable bonds is 3. The van der Waals surface area contributed by atoms with E-state index in [1.54, 1.807) is 12.5 Å². The summed E-state index contributed by atoms with van der Waals surface area (Å²) in [6.07, 6.45) is 6.01. The second-order valence-electron chi connectivity index (χ2n) is 3.86. The number of carbonyl (C=O) groups excluding carboxylic acids is 2. The summed E-state index contributed by atoms with van der Waals surface area (Å²) < 4.78 is 0. The smallest absolute Gasteiger partial charge is 0.226 e. The van der Waals surface area contributed by atoms with Gasteiger partial charge in [0.2, 0.25) is 11.8 Å². The molecular weight excluding hydrogens is 194 g/mol. The summed E-state index contributed by atoms with van der Waals surface area (Å²) in [5, 5.41) is 2.30. The number of amides is 2. The number of aryl methyl sites for hydroxylation is 1. The number of imide groups is 1. The van der Waals surface area contributed by atoms with Crippen molar-refractivity contribution in [2.75, 3.05) is 0 Å². The minimum Gasteiger partial charge on any atom is -0.348 e. The van der Waals surface area contributed by atoms with Crippen LogP contribution in [0.5, 0.6) is 0 Å². The van der Waals surface area contributed by atoms with Crippen molar-refractivity contribution in [3.63, 3.8) is 0 Å². The SMILES string of the molecule is O=C1CC(CCc2cnc[nH]2)CC(=O)N1. The lowest BCUT2D eigenvalue weighted by Crippen LogP contribution is -2.38. The Morgan fingerprint density at radius 1 is 1.33 bits per heavy atom. The van der Waals surface area contributed by atoms with E-state index in [4.69, 9.17) is 0 Å². The second-order valence-corrected chi connectivity index (χ2v) is 3.86. The van der Waals surface area contributed by atoms with Crippen LogP contribution in [0.2, 0.25) is 0 Å². The van der Waals surface area contributed by atoms with Crippen LogP contribution in [0, 0.1) is 5.92 Å². The van der Waals surface area contributed by atoms with E-state index in [2.05, 4.69) is 15.3 Å². The van der Waals surface area contributed by atoms with Gasteiger partial charge in [0.05, 0.1) is 6.33 Å². The molecule has 15 heavy (non-hydrogen) atoms. The number of hydrogen-bond acceptors (Lipinski definition) is 3. The zero-order valence-electron chi connectivity index (χ0n) is 8.32. The number of carbonyl (C=O) groups is 2. The molecule has 1 aliphatic heterocycles. The Hall–Kier alpha value is -1.65. The van der Waals surface area contributed by atoms with Gasteiger partial charge in [-0.15, -0.1) is 0 Å². The molecule has 5 heteroatoms. The van der Waals surface area contributed by atoms with Crippen LogP contribution in [0.25, 0.3) is 0 Å². The summed E-state index contributed by atoms with van der Waals surface area (Å²) in [4.78, 5) is 29.1. The van der Waals surface area contributed by atoms with E-state index < -0.39 is 0 Å². The molecule has 2 amide bonds. The number of aromatic amines is 1. The van der Waals surface area contributed by atoms with Gasteiger partial charge in [-0.3, -0.25) is 14.9 Å². The van der Waals surface area contributed by atoms with Crippen molar-refractivity contribution in [2.24, 2.45) is 5.92 Å². The summed E-state index contributed by atoms with van der Waals surface area (Å²) in [6, 6.07) is 0. The van der Waals surface area contributed by atoms with Crippen LogP contribution in [0.3, 0.4) is 0 Å². The van der Waals surface area contributed by atoms with E-state index in [1.165, 1.54) is 0 Å². The Labute approximate surface area is 87.3 Å². The maximum atomic E-state index is 11.1. The monoisotopic (exact) mass is 207 g/mol. The highest BCUT2D eigenvalue weighted by molar-refractivity contribution is 5.97. The van der Waals surface area contributed by atoms with Crippen molar-refractivity contribution in [3.05, 3.63) is 18.2 Å². The predicted molar refractivity (Wildman–Crippen MR) is 52.8 cm³/mol. The molecule has 1 saturated heterocycles. The Morgan fingerprint density at radius 2 is 2.07 bits per heavy atom. The van der Waals surface area contributed by atoms with Crippen LogP contribution < -0.4 is 5.32 Å². The molecule has 0 radical (unpaired) electrons. The average Bonchev–Trinajstić information content (AvgIpc) is 2.65. The summed E-state index contributed by atoms with van der Waals surface area (Å²) >= 11 is 0. The third kappa shape index (κ3) is 2.65. The number of nitrogens with one attached hydrogen (secondary N) is 2. The van der Waals surface area contributed by atoms with E-state index >= 15 is 0 Å². The molecule has 2 N–H and O–H groups in total.